The van der Waals surface area contributed by atoms with Crippen molar-refractivity contribution in [3.05, 3.63) is 77.4 Å². The number of rotatable bonds is 9. The van der Waals surface area contributed by atoms with E-state index in [0.717, 1.165) is 5.56 Å². The second kappa shape index (κ2) is 10.8. The number of nitrogens with zero attached hydrogens (tertiary/aromatic N) is 1. The summed E-state index contributed by atoms with van der Waals surface area (Å²) in [5.41, 5.74) is 1.82. The van der Waals surface area contributed by atoms with Gasteiger partial charge in [0.05, 0.1) is 5.41 Å². The number of fused-ring (bicyclic) bond motifs is 1. The van der Waals surface area contributed by atoms with Crippen LogP contribution in [0.5, 0.6) is 17.2 Å². The maximum absolute atomic E-state index is 13.5. The largest absolute Gasteiger partial charge is 0.573 e. The van der Waals surface area contributed by atoms with E-state index in [4.69, 9.17) is 9.47 Å². The summed E-state index contributed by atoms with van der Waals surface area (Å²) in [5, 5.41) is 0. The maximum Gasteiger partial charge on any atom is 0.573 e. The molecule has 0 saturated heterocycles. The Labute approximate surface area is 237 Å². The fourth-order valence-corrected chi connectivity index (χ4v) is 5.54. The molecule has 216 valence electrons. The summed E-state index contributed by atoms with van der Waals surface area (Å²) in [7, 11) is 0. The average Bonchev–Trinajstić information content (AvgIpc) is 3.59. The SMILES string of the molecule is CC(C)N(C(=O)c1ccc(-c2cc(CC(=O)C3(c4ccc5c(c4)OCO5)CC3)ccc2OC(F)(F)F)cc1)C(C)C. The number of hydrogen-bond donors (Lipinski definition) is 0. The third kappa shape index (κ3) is 5.89. The van der Waals surface area contributed by atoms with Crippen molar-refractivity contribution in [2.45, 2.75) is 70.8 Å². The predicted octanol–water partition coefficient (Wildman–Crippen LogP) is 7.08. The van der Waals surface area contributed by atoms with Crippen LogP contribution in [0.25, 0.3) is 11.1 Å². The van der Waals surface area contributed by atoms with Crippen LogP contribution in [0.15, 0.2) is 60.7 Å². The van der Waals surface area contributed by atoms with Crippen LogP contribution < -0.4 is 14.2 Å². The average molecular weight is 568 g/mol. The first-order valence-electron chi connectivity index (χ1n) is 13.6. The topological polar surface area (TPSA) is 65.1 Å². The lowest BCUT2D eigenvalue weighted by Gasteiger charge is -2.31. The van der Waals surface area contributed by atoms with Gasteiger partial charge < -0.3 is 19.1 Å². The van der Waals surface area contributed by atoms with Gasteiger partial charge in [0, 0.05) is 29.6 Å². The Balaban J connectivity index is 1.42. The van der Waals surface area contributed by atoms with Gasteiger partial charge in [-0.25, -0.2) is 0 Å². The summed E-state index contributed by atoms with van der Waals surface area (Å²) >= 11 is 0. The molecule has 0 unspecified atom stereocenters. The number of halogens is 3. The monoisotopic (exact) mass is 567 g/mol. The number of Topliss-reactive ketones (excluding diaryl/α,β-unsaturated/α-hetero) is 1. The van der Waals surface area contributed by atoms with Gasteiger partial charge in [-0.05, 0) is 93.6 Å². The molecule has 0 atom stereocenters. The Morgan fingerprint density at radius 3 is 2.17 bits per heavy atom. The molecule has 3 aromatic rings. The Morgan fingerprint density at radius 1 is 0.902 bits per heavy atom. The smallest absolute Gasteiger partial charge is 0.454 e. The molecule has 2 aliphatic rings. The van der Waals surface area contributed by atoms with Crippen LogP contribution in [-0.2, 0) is 16.6 Å². The Morgan fingerprint density at radius 2 is 1.56 bits per heavy atom. The van der Waals surface area contributed by atoms with Crippen molar-refractivity contribution in [1.29, 1.82) is 0 Å². The highest BCUT2D eigenvalue weighted by molar-refractivity contribution is 5.96. The van der Waals surface area contributed by atoms with Crippen molar-refractivity contribution in [3.8, 4) is 28.4 Å². The Hall–Kier alpha value is -4.01. The Bertz CT molecular complexity index is 1450. The van der Waals surface area contributed by atoms with Crippen molar-refractivity contribution in [2.75, 3.05) is 6.79 Å². The van der Waals surface area contributed by atoms with Crippen LogP contribution in [-0.4, -0.2) is 41.8 Å². The van der Waals surface area contributed by atoms with E-state index >= 15 is 0 Å². The maximum atomic E-state index is 13.5. The van der Waals surface area contributed by atoms with Crippen LogP contribution in [0, 0.1) is 0 Å². The number of ketones is 1. The van der Waals surface area contributed by atoms with Crippen molar-refractivity contribution >= 4 is 11.7 Å². The molecule has 0 aromatic heterocycles. The van der Waals surface area contributed by atoms with E-state index in [9.17, 15) is 22.8 Å². The molecular formula is C32H32F3NO5. The van der Waals surface area contributed by atoms with Gasteiger partial charge in [-0.3, -0.25) is 9.59 Å². The summed E-state index contributed by atoms with van der Waals surface area (Å²) < 4.78 is 55.0. The zero-order valence-electron chi connectivity index (χ0n) is 23.4. The van der Waals surface area contributed by atoms with E-state index in [2.05, 4.69) is 4.74 Å². The number of benzene rings is 3. The lowest BCUT2D eigenvalue weighted by molar-refractivity contribution is -0.274. The highest BCUT2D eigenvalue weighted by Gasteiger charge is 2.50. The van der Waals surface area contributed by atoms with E-state index in [1.807, 2.05) is 39.8 Å². The van der Waals surface area contributed by atoms with Crippen molar-refractivity contribution < 1.29 is 37.0 Å². The Kier molecular flexibility index (Phi) is 7.48. The molecule has 1 aliphatic heterocycles. The third-order valence-electron chi connectivity index (χ3n) is 7.63. The van der Waals surface area contributed by atoms with E-state index in [1.54, 1.807) is 41.3 Å². The number of carbonyl (C=O) groups excluding carboxylic acids is 2. The van der Waals surface area contributed by atoms with Gasteiger partial charge in [-0.15, -0.1) is 13.2 Å². The van der Waals surface area contributed by atoms with E-state index in [-0.39, 0.29) is 48.3 Å². The quantitative estimate of drug-likeness (QED) is 0.276. The molecule has 0 radical (unpaired) electrons. The molecular weight excluding hydrogens is 535 g/mol. The molecule has 1 saturated carbocycles. The number of carbonyl (C=O) groups is 2. The summed E-state index contributed by atoms with van der Waals surface area (Å²) in [5.74, 6) is 0.678. The van der Waals surface area contributed by atoms with Gasteiger partial charge in [-0.1, -0.05) is 24.3 Å². The van der Waals surface area contributed by atoms with Gasteiger partial charge in [0.2, 0.25) is 6.79 Å². The molecule has 3 aromatic carbocycles. The standard InChI is InChI=1S/C32H32F3NO5/c1-19(2)36(20(3)4)30(38)23-8-6-22(7-9-23)25-15-21(5-11-26(25)41-32(33,34)35)16-29(37)31(13-14-31)24-10-12-27-28(17-24)40-18-39-27/h5-12,15,17,19-20H,13-14,16,18H2,1-4H3. The number of ether oxygens (including phenoxy) is 3. The van der Waals surface area contributed by atoms with Gasteiger partial charge in [0.1, 0.15) is 11.5 Å². The lowest BCUT2D eigenvalue weighted by atomic mass is 9.87. The molecule has 6 nitrogen and oxygen atoms in total. The molecule has 9 heteroatoms. The molecule has 5 rings (SSSR count). The molecule has 1 aliphatic carbocycles. The van der Waals surface area contributed by atoms with Gasteiger partial charge in [0.15, 0.2) is 11.5 Å². The van der Waals surface area contributed by atoms with Crippen LogP contribution in [0.1, 0.15) is 62.0 Å². The second-order valence-electron chi connectivity index (χ2n) is 11.1. The molecule has 41 heavy (non-hydrogen) atoms. The van der Waals surface area contributed by atoms with Crippen LogP contribution in [0.4, 0.5) is 13.2 Å². The zero-order valence-corrected chi connectivity index (χ0v) is 23.4. The third-order valence-corrected chi connectivity index (χ3v) is 7.63. The highest BCUT2D eigenvalue weighted by atomic mass is 19.4. The van der Waals surface area contributed by atoms with Gasteiger partial charge >= 0.3 is 6.36 Å². The molecule has 1 heterocycles. The molecule has 1 amide bonds. The second-order valence-corrected chi connectivity index (χ2v) is 11.1. The van der Waals surface area contributed by atoms with Crippen molar-refractivity contribution in [2.24, 2.45) is 0 Å². The minimum absolute atomic E-state index is 0.0180. The number of amides is 1. The van der Waals surface area contributed by atoms with E-state index in [1.165, 1.54) is 12.1 Å². The van der Waals surface area contributed by atoms with E-state index in [0.29, 0.717) is 41.0 Å². The number of hydrogen-bond acceptors (Lipinski definition) is 5. The molecule has 1 fully saturated rings. The summed E-state index contributed by atoms with van der Waals surface area (Å²) in [6, 6.07) is 16.1. The van der Waals surface area contributed by atoms with E-state index < -0.39 is 11.8 Å². The fraction of sp³-hybridized carbons (Fsp3) is 0.375. The number of alkyl halides is 3. The molecule has 0 bridgehead atoms. The van der Waals surface area contributed by atoms with Gasteiger partial charge in [0.25, 0.3) is 5.91 Å². The van der Waals surface area contributed by atoms with Crippen LogP contribution >= 0.6 is 0 Å². The first-order valence-corrected chi connectivity index (χ1v) is 13.6. The fourth-order valence-electron chi connectivity index (χ4n) is 5.54. The molecule has 0 N–H and O–H groups in total. The minimum atomic E-state index is -4.89. The zero-order chi connectivity index (χ0) is 29.5. The highest BCUT2D eigenvalue weighted by Crippen LogP contribution is 2.51. The minimum Gasteiger partial charge on any atom is -0.454 e. The van der Waals surface area contributed by atoms with Crippen LogP contribution in [0.3, 0.4) is 0 Å². The van der Waals surface area contributed by atoms with Crippen LogP contribution in [0.2, 0.25) is 0 Å². The first kappa shape index (κ1) is 28.5. The van der Waals surface area contributed by atoms with Crippen molar-refractivity contribution in [3.63, 3.8) is 0 Å². The lowest BCUT2D eigenvalue weighted by Crippen LogP contribution is -2.42. The predicted molar refractivity (Wildman–Crippen MR) is 147 cm³/mol. The molecule has 0 spiro atoms. The normalized spacial score (nSPS) is 15.2. The summed E-state index contributed by atoms with van der Waals surface area (Å²) in [4.78, 5) is 28.4. The van der Waals surface area contributed by atoms with Crippen molar-refractivity contribution in [1.82, 2.24) is 4.90 Å². The summed E-state index contributed by atoms with van der Waals surface area (Å²) in [6.45, 7) is 7.85. The first-order chi connectivity index (χ1) is 19.4. The summed E-state index contributed by atoms with van der Waals surface area (Å²) in [6.07, 6.45) is -3.48. The van der Waals surface area contributed by atoms with Gasteiger partial charge in [-0.2, -0.15) is 0 Å².